The maximum atomic E-state index is 12.6. The fraction of sp³-hybridized carbons (Fsp3) is 0.600. The van der Waals surface area contributed by atoms with Gasteiger partial charge in [0.2, 0.25) is 5.56 Å². The van der Waals surface area contributed by atoms with Crippen molar-refractivity contribution < 1.29 is 4.79 Å². The van der Waals surface area contributed by atoms with E-state index in [0.717, 1.165) is 26.1 Å². The van der Waals surface area contributed by atoms with E-state index < -0.39 is 0 Å². The number of aromatic amines is 1. The van der Waals surface area contributed by atoms with Crippen LogP contribution in [-0.4, -0.2) is 41.5 Å². The van der Waals surface area contributed by atoms with Crippen LogP contribution in [-0.2, 0) is 0 Å². The summed E-state index contributed by atoms with van der Waals surface area (Å²) in [5.74, 6) is 0.409. The summed E-state index contributed by atoms with van der Waals surface area (Å²) in [4.78, 5) is 28.1. The molecule has 1 unspecified atom stereocenters. The van der Waals surface area contributed by atoms with E-state index in [-0.39, 0.29) is 11.5 Å². The van der Waals surface area contributed by atoms with Crippen molar-refractivity contribution in [3.05, 3.63) is 34.2 Å². The van der Waals surface area contributed by atoms with Gasteiger partial charge in [-0.05, 0) is 31.4 Å². The third kappa shape index (κ3) is 3.93. The normalized spacial score (nSPS) is 18.4. The number of pyridine rings is 1. The number of hydrogen-bond acceptors (Lipinski definition) is 3. The summed E-state index contributed by atoms with van der Waals surface area (Å²) in [5.41, 5.74) is 0.359. The van der Waals surface area contributed by atoms with Gasteiger partial charge in [-0.25, -0.2) is 0 Å². The minimum Gasteiger partial charge on any atom is -0.337 e. The van der Waals surface area contributed by atoms with Crippen LogP contribution in [0.5, 0.6) is 0 Å². The largest absolute Gasteiger partial charge is 0.337 e. The number of rotatable bonds is 5. The van der Waals surface area contributed by atoms with Crippen molar-refractivity contribution in [3.63, 3.8) is 0 Å². The molecule has 0 spiro atoms. The highest BCUT2D eigenvalue weighted by Crippen LogP contribution is 2.11. The van der Waals surface area contributed by atoms with Crippen molar-refractivity contribution >= 4 is 5.91 Å². The molecule has 0 radical (unpaired) electrons. The van der Waals surface area contributed by atoms with Crippen LogP contribution in [0, 0.1) is 5.92 Å². The highest BCUT2D eigenvalue weighted by atomic mass is 16.2. The Balaban J connectivity index is 2.09. The van der Waals surface area contributed by atoms with Gasteiger partial charge in [0, 0.05) is 31.4 Å². The van der Waals surface area contributed by atoms with Crippen molar-refractivity contribution in [2.45, 2.75) is 32.7 Å². The molecule has 0 aliphatic carbocycles. The summed E-state index contributed by atoms with van der Waals surface area (Å²) in [7, 11) is 0. The second-order valence-electron chi connectivity index (χ2n) is 5.84. The second-order valence-corrected chi connectivity index (χ2v) is 5.84. The number of aromatic nitrogens is 1. The van der Waals surface area contributed by atoms with Crippen molar-refractivity contribution in [2.24, 2.45) is 5.92 Å². The Morgan fingerprint density at radius 2 is 2.25 bits per heavy atom. The van der Waals surface area contributed by atoms with Gasteiger partial charge >= 0.3 is 0 Å². The molecule has 0 aromatic carbocycles. The molecule has 1 aliphatic rings. The summed E-state index contributed by atoms with van der Waals surface area (Å²) in [6.45, 7) is 6.71. The maximum Gasteiger partial charge on any atom is 0.255 e. The van der Waals surface area contributed by atoms with Crippen LogP contribution in [0.4, 0.5) is 0 Å². The quantitative estimate of drug-likeness (QED) is 0.850. The number of carbonyl (C=O) groups is 1. The van der Waals surface area contributed by atoms with Gasteiger partial charge in [0.1, 0.15) is 0 Å². The van der Waals surface area contributed by atoms with Crippen LogP contribution in [0.25, 0.3) is 0 Å². The smallest absolute Gasteiger partial charge is 0.255 e. The predicted octanol–water partition coefficient (Wildman–Crippen LogP) is 1.23. The molecule has 1 fully saturated rings. The lowest BCUT2D eigenvalue weighted by atomic mass is 10.1. The summed E-state index contributed by atoms with van der Waals surface area (Å²) in [5, 5.41) is 3.42. The second kappa shape index (κ2) is 6.70. The summed E-state index contributed by atoms with van der Waals surface area (Å²) < 4.78 is 0. The fourth-order valence-electron chi connectivity index (χ4n) is 2.59. The summed E-state index contributed by atoms with van der Waals surface area (Å²) in [6.07, 6.45) is 3.79. The van der Waals surface area contributed by atoms with E-state index in [9.17, 15) is 9.59 Å². The lowest BCUT2D eigenvalue weighted by molar-refractivity contribution is 0.0721. The van der Waals surface area contributed by atoms with E-state index >= 15 is 0 Å². The lowest BCUT2D eigenvalue weighted by Gasteiger charge is -2.27. The average molecular weight is 277 g/mol. The van der Waals surface area contributed by atoms with Gasteiger partial charge in [0.05, 0.1) is 5.56 Å². The van der Waals surface area contributed by atoms with E-state index in [0.29, 0.717) is 17.5 Å². The van der Waals surface area contributed by atoms with Crippen molar-refractivity contribution in [1.82, 2.24) is 15.2 Å². The van der Waals surface area contributed by atoms with Gasteiger partial charge in [0.15, 0.2) is 0 Å². The van der Waals surface area contributed by atoms with Gasteiger partial charge in [-0.3, -0.25) is 9.59 Å². The molecule has 5 nitrogen and oxygen atoms in total. The number of H-pyrrole nitrogens is 1. The molecule has 5 heteroatoms. The summed E-state index contributed by atoms with van der Waals surface area (Å²) >= 11 is 0. The number of nitrogens with zero attached hydrogens (tertiary/aromatic N) is 1. The molecule has 1 saturated heterocycles. The van der Waals surface area contributed by atoms with Crippen LogP contribution in [0.3, 0.4) is 0 Å². The van der Waals surface area contributed by atoms with E-state index in [1.54, 1.807) is 6.07 Å². The van der Waals surface area contributed by atoms with Crippen molar-refractivity contribution in [2.75, 3.05) is 19.6 Å². The number of carbonyl (C=O) groups excluding carboxylic acids is 1. The van der Waals surface area contributed by atoms with Gasteiger partial charge in [0.25, 0.3) is 5.91 Å². The molecule has 1 atom stereocenters. The molecular formula is C15H23N3O2. The first-order chi connectivity index (χ1) is 9.56. The Hall–Kier alpha value is -1.62. The first-order valence-corrected chi connectivity index (χ1v) is 7.27. The molecule has 20 heavy (non-hydrogen) atoms. The van der Waals surface area contributed by atoms with Crippen LogP contribution >= 0.6 is 0 Å². The zero-order valence-electron chi connectivity index (χ0n) is 12.2. The Bertz CT molecular complexity index is 484. The molecule has 2 rings (SSSR count). The van der Waals surface area contributed by atoms with E-state index in [2.05, 4.69) is 24.1 Å². The monoisotopic (exact) mass is 277 g/mol. The van der Waals surface area contributed by atoms with Crippen LogP contribution in [0.2, 0.25) is 0 Å². The third-order valence-corrected chi connectivity index (χ3v) is 3.51. The predicted molar refractivity (Wildman–Crippen MR) is 78.8 cm³/mol. The first kappa shape index (κ1) is 14.8. The van der Waals surface area contributed by atoms with Crippen molar-refractivity contribution in [3.8, 4) is 0 Å². The van der Waals surface area contributed by atoms with Crippen LogP contribution in [0.1, 0.15) is 37.0 Å². The Morgan fingerprint density at radius 3 is 2.80 bits per heavy atom. The Morgan fingerprint density at radius 1 is 1.45 bits per heavy atom. The molecule has 0 saturated carbocycles. The molecule has 1 aromatic rings. The van der Waals surface area contributed by atoms with Crippen LogP contribution < -0.4 is 10.9 Å². The number of hydrogen-bond donors (Lipinski definition) is 2. The molecular weight excluding hydrogens is 254 g/mol. The van der Waals surface area contributed by atoms with E-state index in [1.807, 2.05) is 4.90 Å². The fourth-order valence-corrected chi connectivity index (χ4v) is 2.59. The summed E-state index contributed by atoms with van der Waals surface area (Å²) in [6, 6.07) is 3.38. The van der Waals surface area contributed by atoms with Crippen LogP contribution in [0.15, 0.2) is 23.1 Å². The standard InChI is InChI=1S/C15H23N3O2/c1-11(2)9-18(10-13-4-3-7-16-13)15(20)12-5-6-14(19)17-8-12/h5-6,8,11,13,16H,3-4,7,9-10H2,1-2H3,(H,17,19). The molecule has 1 aliphatic heterocycles. The molecule has 0 bridgehead atoms. The van der Waals surface area contributed by atoms with Gasteiger partial charge in [-0.2, -0.15) is 0 Å². The lowest BCUT2D eigenvalue weighted by Crippen LogP contribution is -2.43. The highest BCUT2D eigenvalue weighted by molar-refractivity contribution is 5.93. The Labute approximate surface area is 119 Å². The molecule has 110 valence electrons. The van der Waals surface area contributed by atoms with E-state index in [1.165, 1.54) is 18.7 Å². The molecule has 2 heterocycles. The average Bonchev–Trinajstić information content (AvgIpc) is 2.90. The first-order valence-electron chi connectivity index (χ1n) is 7.27. The third-order valence-electron chi connectivity index (χ3n) is 3.51. The molecule has 2 N–H and O–H groups in total. The van der Waals surface area contributed by atoms with E-state index in [4.69, 9.17) is 0 Å². The minimum absolute atomic E-state index is 0.0105. The van der Waals surface area contributed by atoms with Gasteiger partial charge in [-0.1, -0.05) is 13.8 Å². The number of amides is 1. The molecule has 1 amide bonds. The number of nitrogens with one attached hydrogen (secondary N) is 2. The minimum atomic E-state index is -0.186. The topological polar surface area (TPSA) is 65.2 Å². The zero-order chi connectivity index (χ0) is 14.5. The highest BCUT2D eigenvalue weighted by Gasteiger charge is 2.23. The molecule has 1 aromatic heterocycles. The van der Waals surface area contributed by atoms with Crippen molar-refractivity contribution in [1.29, 1.82) is 0 Å². The van der Waals surface area contributed by atoms with Gasteiger partial charge < -0.3 is 15.2 Å². The SMILES string of the molecule is CC(C)CN(CC1CCCN1)C(=O)c1ccc(=O)[nH]c1. The maximum absolute atomic E-state index is 12.6. The van der Waals surface area contributed by atoms with Gasteiger partial charge in [-0.15, -0.1) is 0 Å². The zero-order valence-corrected chi connectivity index (χ0v) is 12.2. The Kier molecular flexibility index (Phi) is 4.95.